The molecule has 0 saturated carbocycles. The van der Waals surface area contributed by atoms with Crippen molar-refractivity contribution in [3.05, 3.63) is 0 Å². The summed E-state index contributed by atoms with van der Waals surface area (Å²) in [4.78, 5) is 10.2. The second kappa shape index (κ2) is 1.50. The van der Waals surface area contributed by atoms with Crippen molar-refractivity contribution in [3.63, 3.8) is 0 Å². The lowest BCUT2D eigenvalue weighted by molar-refractivity contribution is -0.126. The van der Waals surface area contributed by atoms with Crippen LogP contribution in [-0.4, -0.2) is 23.7 Å². The standard InChI is InChI=1S/C4H6NO2/c6-3-1-2-5-4(3)7/h3,6H,1-2H2/t3-/m1/s1. The zero-order valence-electron chi connectivity index (χ0n) is 3.79. The molecule has 1 aliphatic rings. The number of aliphatic hydroxyl groups is 1. The predicted octanol–water partition coefficient (Wildman–Crippen LogP) is -1.12. The fraction of sp³-hybridized carbons (Fsp3) is 0.750. The van der Waals surface area contributed by atoms with E-state index in [2.05, 4.69) is 5.32 Å². The Bertz CT molecular complexity index is 91.7. The van der Waals surface area contributed by atoms with Crippen LogP contribution in [0, 0.1) is 0 Å². The van der Waals surface area contributed by atoms with Gasteiger partial charge in [0.05, 0.1) is 0 Å². The highest BCUT2D eigenvalue weighted by Crippen LogP contribution is 1.98. The first-order valence-corrected chi connectivity index (χ1v) is 2.20. The van der Waals surface area contributed by atoms with Gasteiger partial charge in [-0.15, -0.1) is 0 Å². The Morgan fingerprint density at radius 3 is 2.71 bits per heavy atom. The molecule has 0 aliphatic carbocycles. The van der Waals surface area contributed by atoms with Crippen molar-refractivity contribution in [1.29, 1.82) is 0 Å². The smallest absolute Gasteiger partial charge is 0.270 e. The van der Waals surface area contributed by atoms with E-state index in [0.29, 0.717) is 13.0 Å². The van der Waals surface area contributed by atoms with Gasteiger partial charge in [-0.1, -0.05) is 0 Å². The van der Waals surface area contributed by atoms with Gasteiger partial charge in [0.15, 0.2) is 0 Å². The molecule has 1 radical (unpaired) electrons. The van der Waals surface area contributed by atoms with Crippen LogP contribution in [0.3, 0.4) is 0 Å². The van der Waals surface area contributed by atoms with Crippen molar-refractivity contribution in [2.24, 2.45) is 0 Å². The number of aliphatic hydroxyl groups excluding tert-OH is 1. The summed E-state index contributed by atoms with van der Waals surface area (Å²) < 4.78 is 0. The van der Waals surface area contributed by atoms with Crippen LogP contribution in [0.25, 0.3) is 0 Å². The van der Waals surface area contributed by atoms with Crippen LogP contribution < -0.4 is 5.32 Å². The van der Waals surface area contributed by atoms with Crippen LogP contribution in [0.2, 0.25) is 0 Å². The van der Waals surface area contributed by atoms with Crippen LogP contribution in [0.5, 0.6) is 0 Å². The zero-order valence-corrected chi connectivity index (χ0v) is 3.79. The van der Waals surface area contributed by atoms with E-state index in [1.54, 1.807) is 0 Å². The van der Waals surface area contributed by atoms with Gasteiger partial charge in [0.2, 0.25) is 0 Å². The van der Waals surface area contributed by atoms with Gasteiger partial charge in [-0.25, -0.2) is 5.32 Å². The molecular formula is C4H6NO2. The molecule has 3 nitrogen and oxygen atoms in total. The molecule has 1 atom stereocenters. The molecule has 0 aromatic rings. The number of amides is 1. The summed E-state index contributed by atoms with van der Waals surface area (Å²) in [6.07, 6.45) is -0.279. The van der Waals surface area contributed by atoms with E-state index in [9.17, 15) is 4.79 Å². The monoisotopic (exact) mass is 100 g/mol. The summed E-state index contributed by atoms with van der Waals surface area (Å²) in [7, 11) is 0. The first-order chi connectivity index (χ1) is 3.30. The highest BCUT2D eigenvalue weighted by molar-refractivity contribution is 5.82. The van der Waals surface area contributed by atoms with Gasteiger partial charge in [0.25, 0.3) is 5.91 Å². The third-order valence-corrected chi connectivity index (χ3v) is 0.955. The summed E-state index contributed by atoms with van der Waals surface area (Å²) in [6, 6.07) is 0. The number of rotatable bonds is 0. The molecule has 1 heterocycles. The number of carbonyl (C=O) groups is 1. The van der Waals surface area contributed by atoms with Gasteiger partial charge in [0.1, 0.15) is 6.10 Å². The highest BCUT2D eigenvalue weighted by Gasteiger charge is 2.21. The summed E-state index contributed by atoms with van der Waals surface area (Å²) in [5, 5.41) is 12.0. The maximum absolute atomic E-state index is 10.2. The van der Waals surface area contributed by atoms with Crippen molar-refractivity contribution in [1.82, 2.24) is 5.32 Å². The summed E-state index contributed by atoms with van der Waals surface area (Å²) >= 11 is 0. The first kappa shape index (κ1) is 4.59. The molecule has 0 aromatic heterocycles. The SMILES string of the molecule is O=C1[N]CC[C@H]1O. The molecule has 1 amide bonds. The van der Waals surface area contributed by atoms with Gasteiger partial charge in [0, 0.05) is 13.0 Å². The number of hydrogen-bond acceptors (Lipinski definition) is 2. The molecule has 3 heteroatoms. The molecule has 1 rings (SSSR count). The molecule has 1 saturated heterocycles. The number of nitrogens with zero attached hydrogens (tertiary/aromatic N) is 1. The maximum atomic E-state index is 10.2. The van der Waals surface area contributed by atoms with Crippen molar-refractivity contribution in [3.8, 4) is 0 Å². The molecule has 1 N–H and O–H groups in total. The van der Waals surface area contributed by atoms with Crippen molar-refractivity contribution in [2.45, 2.75) is 12.5 Å². The van der Waals surface area contributed by atoms with E-state index in [4.69, 9.17) is 5.11 Å². The third-order valence-electron chi connectivity index (χ3n) is 0.955. The summed E-state index contributed by atoms with van der Waals surface area (Å²) in [6.45, 7) is 0.500. The van der Waals surface area contributed by atoms with Gasteiger partial charge < -0.3 is 5.11 Å². The van der Waals surface area contributed by atoms with Crippen LogP contribution in [0.4, 0.5) is 0 Å². The van der Waals surface area contributed by atoms with E-state index in [0.717, 1.165) is 0 Å². The van der Waals surface area contributed by atoms with E-state index in [1.807, 2.05) is 0 Å². The lowest BCUT2D eigenvalue weighted by Gasteiger charge is -1.88. The predicted molar refractivity (Wildman–Crippen MR) is 22.6 cm³/mol. The fourth-order valence-electron chi connectivity index (χ4n) is 0.526. The Morgan fingerprint density at radius 1 is 1.86 bits per heavy atom. The average Bonchev–Trinajstić information content (AvgIpc) is 1.91. The van der Waals surface area contributed by atoms with Crippen molar-refractivity contribution < 1.29 is 9.90 Å². The Morgan fingerprint density at radius 2 is 2.57 bits per heavy atom. The normalized spacial score (nSPS) is 30.4. The largest absolute Gasteiger partial charge is 0.383 e. The minimum Gasteiger partial charge on any atom is -0.383 e. The molecule has 39 valence electrons. The molecule has 0 unspecified atom stereocenters. The zero-order chi connectivity index (χ0) is 5.28. The second-order valence-corrected chi connectivity index (χ2v) is 1.52. The van der Waals surface area contributed by atoms with E-state index < -0.39 is 6.10 Å². The van der Waals surface area contributed by atoms with Gasteiger partial charge in [-0.3, -0.25) is 4.79 Å². The first-order valence-electron chi connectivity index (χ1n) is 2.20. The molecule has 1 fully saturated rings. The summed E-state index contributed by atoms with van der Waals surface area (Å²) in [5.74, 6) is -0.361. The fourth-order valence-corrected chi connectivity index (χ4v) is 0.526. The lowest BCUT2D eigenvalue weighted by atomic mass is 10.3. The molecule has 0 spiro atoms. The van der Waals surface area contributed by atoms with Crippen LogP contribution in [0.1, 0.15) is 6.42 Å². The van der Waals surface area contributed by atoms with E-state index in [-0.39, 0.29) is 5.91 Å². The van der Waals surface area contributed by atoms with Gasteiger partial charge in [-0.2, -0.15) is 0 Å². The molecule has 1 aliphatic heterocycles. The van der Waals surface area contributed by atoms with E-state index in [1.165, 1.54) is 0 Å². The Balaban J connectivity index is 2.48. The average molecular weight is 100 g/mol. The van der Waals surface area contributed by atoms with Crippen molar-refractivity contribution in [2.75, 3.05) is 6.54 Å². The van der Waals surface area contributed by atoms with Crippen LogP contribution in [-0.2, 0) is 4.79 Å². The minimum atomic E-state index is -0.792. The van der Waals surface area contributed by atoms with Gasteiger partial charge in [-0.05, 0) is 0 Å². The van der Waals surface area contributed by atoms with Crippen LogP contribution >= 0.6 is 0 Å². The Hall–Kier alpha value is -0.570. The highest BCUT2D eigenvalue weighted by atomic mass is 16.3. The molecule has 7 heavy (non-hydrogen) atoms. The third kappa shape index (κ3) is 0.718. The minimum absolute atomic E-state index is 0.361. The Kier molecular flexibility index (Phi) is 0.982. The topological polar surface area (TPSA) is 51.4 Å². The maximum Gasteiger partial charge on any atom is 0.270 e. The quantitative estimate of drug-likeness (QED) is 0.419. The lowest BCUT2D eigenvalue weighted by Crippen LogP contribution is -2.16. The molecular weight excluding hydrogens is 94.0 g/mol. The summed E-state index contributed by atoms with van der Waals surface area (Å²) in [5.41, 5.74) is 0. The van der Waals surface area contributed by atoms with E-state index >= 15 is 0 Å². The second-order valence-electron chi connectivity index (χ2n) is 1.52. The Labute approximate surface area is 41.3 Å². The number of hydrogen-bond donors (Lipinski definition) is 1. The molecule has 0 aromatic carbocycles. The van der Waals surface area contributed by atoms with Gasteiger partial charge >= 0.3 is 0 Å². The van der Waals surface area contributed by atoms with Crippen LogP contribution in [0.15, 0.2) is 0 Å². The number of carbonyl (C=O) groups excluding carboxylic acids is 1. The van der Waals surface area contributed by atoms with Crippen molar-refractivity contribution >= 4 is 5.91 Å². The molecule has 0 bridgehead atoms.